The van der Waals surface area contributed by atoms with E-state index in [4.69, 9.17) is 10.5 Å². The molecule has 1 atom stereocenters. The molecule has 6 heteroatoms. The molecule has 1 saturated heterocycles. The fourth-order valence-electron chi connectivity index (χ4n) is 1.42. The van der Waals surface area contributed by atoms with Crippen LogP contribution in [0.25, 0.3) is 0 Å². The zero-order valence-electron chi connectivity index (χ0n) is 9.86. The summed E-state index contributed by atoms with van der Waals surface area (Å²) in [6.07, 6.45) is -0.542. The molecule has 16 heavy (non-hydrogen) atoms. The third-order valence-corrected chi connectivity index (χ3v) is 2.09. The average Bonchev–Trinajstić information content (AvgIpc) is 2.47. The third-order valence-electron chi connectivity index (χ3n) is 2.09. The number of hydrogen-bond donors (Lipinski definition) is 1. The maximum atomic E-state index is 11.5. The number of likely N-dealkylation sites (tertiary alicyclic amines) is 1. The second-order valence-electron chi connectivity index (χ2n) is 4.74. The van der Waals surface area contributed by atoms with Gasteiger partial charge in [-0.2, -0.15) is 0 Å². The van der Waals surface area contributed by atoms with Gasteiger partial charge in [0.15, 0.2) is 0 Å². The summed E-state index contributed by atoms with van der Waals surface area (Å²) < 4.78 is 9.38. The monoisotopic (exact) mass is 230 g/mol. The number of nitrogens with two attached hydrogens (primary N) is 1. The standard InChI is InChI=1S/C10H18N2O4/c1-10(2,3)16-9(14)15-8(13)12-6-4-5-7(12)11/h7H,4-6,11H2,1-3H3. The predicted octanol–water partition coefficient (Wildman–Crippen LogP) is 1.44. The highest BCUT2D eigenvalue weighted by Crippen LogP contribution is 2.15. The van der Waals surface area contributed by atoms with Crippen LogP contribution < -0.4 is 5.73 Å². The Morgan fingerprint density at radius 3 is 2.44 bits per heavy atom. The molecule has 0 saturated carbocycles. The molecule has 0 aromatic heterocycles. The second-order valence-corrected chi connectivity index (χ2v) is 4.74. The molecule has 1 rings (SSSR count). The van der Waals surface area contributed by atoms with E-state index >= 15 is 0 Å². The fraction of sp³-hybridized carbons (Fsp3) is 0.800. The Balaban J connectivity index is 2.42. The Hall–Kier alpha value is -1.30. The van der Waals surface area contributed by atoms with E-state index in [0.717, 1.165) is 12.8 Å². The molecule has 92 valence electrons. The van der Waals surface area contributed by atoms with Crippen molar-refractivity contribution >= 4 is 12.2 Å². The lowest BCUT2D eigenvalue weighted by atomic mass is 10.2. The first-order valence-corrected chi connectivity index (χ1v) is 5.26. The summed E-state index contributed by atoms with van der Waals surface area (Å²) in [5.74, 6) is 0. The quantitative estimate of drug-likeness (QED) is 0.503. The molecule has 1 unspecified atom stereocenters. The van der Waals surface area contributed by atoms with Gasteiger partial charge in [-0.1, -0.05) is 0 Å². The summed E-state index contributed by atoms with van der Waals surface area (Å²) in [7, 11) is 0. The van der Waals surface area contributed by atoms with Gasteiger partial charge in [0.2, 0.25) is 0 Å². The minimum atomic E-state index is -0.989. The van der Waals surface area contributed by atoms with Gasteiger partial charge in [0, 0.05) is 6.54 Å². The zero-order chi connectivity index (χ0) is 12.3. The van der Waals surface area contributed by atoms with Crippen LogP contribution in [0.3, 0.4) is 0 Å². The fourth-order valence-corrected chi connectivity index (χ4v) is 1.42. The maximum Gasteiger partial charge on any atom is 0.517 e. The highest BCUT2D eigenvalue weighted by atomic mass is 16.8. The minimum absolute atomic E-state index is 0.366. The van der Waals surface area contributed by atoms with Crippen LogP contribution in [-0.2, 0) is 9.47 Å². The molecule has 1 fully saturated rings. The average molecular weight is 230 g/mol. The zero-order valence-corrected chi connectivity index (χ0v) is 9.86. The van der Waals surface area contributed by atoms with Crippen LogP contribution in [0.4, 0.5) is 9.59 Å². The summed E-state index contributed by atoms with van der Waals surface area (Å²) >= 11 is 0. The van der Waals surface area contributed by atoms with Gasteiger partial charge in [-0.15, -0.1) is 0 Å². The van der Waals surface area contributed by atoms with Gasteiger partial charge in [-0.25, -0.2) is 9.59 Å². The molecular formula is C10H18N2O4. The topological polar surface area (TPSA) is 81.9 Å². The highest BCUT2D eigenvalue weighted by molar-refractivity contribution is 5.81. The van der Waals surface area contributed by atoms with Gasteiger partial charge in [0.25, 0.3) is 0 Å². The number of ether oxygens (including phenoxy) is 2. The summed E-state index contributed by atoms with van der Waals surface area (Å²) in [5, 5.41) is 0. The minimum Gasteiger partial charge on any atom is -0.428 e. The van der Waals surface area contributed by atoms with E-state index in [-0.39, 0.29) is 6.17 Å². The SMILES string of the molecule is CC(C)(C)OC(=O)OC(=O)N1CCCC1N. The van der Waals surface area contributed by atoms with E-state index < -0.39 is 17.8 Å². The summed E-state index contributed by atoms with van der Waals surface area (Å²) in [6, 6.07) is 0. The molecule has 0 bridgehead atoms. The predicted molar refractivity (Wildman–Crippen MR) is 56.6 cm³/mol. The number of nitrogens with zero attached hydrogens (tertiary/aromatic N) is 1. The molecule has 0 radical (unpaired) electrons. The van der Waals surface area contributed by atoms with E-state index in [1.165, 1.54) is 4.90 Å². The van der Waals surface area contributed by atoms with Crippen molar-refractivity contribution in [2.24, 2.45) is 5.73 Å². The van der Waals surface area contributed by atoms with Crippen LogP contribution in [-0.4, -0.2) is 35.5 Å². The molecule has 0 aromatic carbocycles. The highest BCUT2D eigenvalue weighted by Gasteiger charge is 2.30. The molecule has 2 N–H and O–H groups in total. The van der Waals surface area contributed by atoms with Crippen LogP contribution in [0, 0.1) is 0 Å². The number of hydrogen-bond acceptors (Lipinski definition) is 5. The van der Waals surface area contributed by atoms with Crippen LogP contribution in [0.5, 0.6) is 0 Å². The van der Waals surface area contributed by atoms with Crippen molar-refractivity contribution < 1.29 is 19.1 Å². The maximum absolute atomic E-state index is 11.5. The Bertz CT molecular complexity index is 285. The van der Waals surface area contributed by atoms with Crippen LogP contribution in [0.15, 0.2) is 0 Å². The number of carbonyl (C=O) groups is 2. The van der Waals surface area contributed by atoms with E-state index in [1.54, 1.807) is 20.8 Å². The van der Waals surface area contributed by atoms with Crippen LogP contribution >= 0.6 is 0 Å². The molecule has 1 amide bonds. The van der Waals surface area contributed by atoms with E-state index in [2.05, 4.69) is 4.74 Å². The van der Waals surface area contributed by atoms with Crippen LogP contribution in [0.1, 0.15) is 33.6 Å². The molecule has 0 aromatic rings. The van der Waals surface area contributed by atoms with Crippen molar-refractivity contribution in [2.45, 2.75) is 45.4 Å². The first-order valence-electron chi connectivity index (χ1n) is 5.26. The number of amides is 1. The Morgan fingerprint density at radius 1 is 1.38 bits per heavy atom. The van der Waals surface area contributed by atoms with Gasteiger partial charge in [-0.05, 0) is 33.6 Å². The summed E-state index contributed by atoms with van der Waals surface area (Å²) in [6.45, 7) is 5.60. The van der Waals surface area contributed by atoms with Crippen molar-refractivity contribution in [1.82, 2.24) is 4.90 Å². The lowest BCUT2D eigenvalue weighted by Crippen LogP contribution is -2.42. The second kappa shape index (κ2) is 4.69. The van der Waals surface area contributed by atoms with Gasteiger partial charge in [0.05, 0.1) is 6.17 Å². The van der Waals surface area contributed by atoms with E-state index in [0.29, 0.717) is 6.54 Å². The van der Waals surface area contributed by atoms with Gasteiger partial charge >= 0.3 is 12.2 Å². The number of rotatable bonds is 0. The van der Waals surface area contributed by atoms with Gasteiger partial charge in [-0.3, -0.25) is 4.90 Å². The van der Waals surface area contributed by atoms with Crippen LogP contribution in [0.2, 0.25) is 0 Å². The van der Waals surface area contributed by atoms with Gasteiger partial charge in [0.1, 0.15) is 5.60 Å². The molecule has 1 aliphatic rings. The smallest absolute Gasteiger partial charge is 0.428 e. The summed E-state index contributed by atoms with van der Waals surface area (Å²) in [4.78, 5) is 24.0. The molecule has 1 heterocycles. The van der Waals surface area contributed by atoms with Crippen molar-refractivity contribution in [3.8, 4) is 0 Å². The first-order chi connectivity index (χ1) is 7.29. The van der Waals surface area contributed by atoms with Crippen molar-refractivity contribution in [3.05, 3.63) is 0 Å². The normalized spacial score (nSPS) is 20.8. The summed E-state index contributed by atoms with van der Waals surface area (Å²) in [5.41, 5.74) is 4.98. The van der Waals surface area contributed by atoms with Crippen molar-refractivity contribution in [2.75, 3.05) is 6.54 Å². The molecular weight excluding hydrogens is 212 g/mol. The lowest BCUT2D eigenvalue weighted by Gasteiger charge is -2.22. The third kappa shape index (κ3) is 3.69. The van der Waals surface area contributed by atoms with Gasteiger partial charge < -0.3 is 15.2 Å². The Labute approximate surface area is 94.7 Å². The lowest BCUT2D eigenvalue weighted by molar-refractivity contribution is 0.00227. The molecule has 0 spiro atoms. The Morgan fingerprint density at radius 2 is 2.00 bits per heavy atom. The van der Waals surface area contributed by atoms with E-state index in [1.807, 2.05) is 0 Å². The molecule has 1 aliphatic heterocycles. The number of carbonyl (C=O) groups excluding carboxylic acids is 2. The Kier molecular flexibility index (Phi) is 3.74. The van der Waals surface area contributed by atoms with E-state index in [9.17, 15) is 9.59 Å². The van der Waals surface area contributed by atoms with Crippen molar-refractivity contribution in [1.29, 1.82) is 0 Å². The largest absolute Gasteiger partial charge is 0.517 e. The molecule has 6 nitrogen and oxygen atoms in total. The molecule has 0 aliphatic carbocycles. The van der Waals surface area contributed by atoms with Crippen molar-refractivity contribution in [3.63, 3.8) is 0 Å². The first kappa shape index (κ1) is 12.8.